The number of nitrogens with two attached hydrogens (primary N) is 1. The molecule has 17 heavy (non-hydrogen) atoms. The van der Waals surface area contributed by atoms with Crippen LogP contribution in [-0.2, 0) is 9.53 Å². The first-order chi connectivity index (χ1) is 8.18. The summed E-state index contributed by atoms with van der Waals surface area (Å²) < 4.78 is 5.46. The van der Waals surface area contributed by atoms with E-state index >= 15 is 0 Å². The number of hydrogen-bond donors (Lipinski definition) is 1. The van der Waals surface area contributed by atoms with Gasteiger partial charge in [-0.25, -0.2) is 0 Å². The largest absolute Gasteiger partial charge is 0.392 e. The summed E-state index contributed by atoms with van der Waals surface area (Å²) in [7, 11) is 0. The molecule has 2 fully saturated rings. The maximum Gasteiger partial charge on any atom is 0.252 e. The van der Waals surface area contributed by atoms with Crippen molar-refractivity contribution in [3.63, 3.8) is 0 Å². The van der Waals surface area contributed by atoms with Crippen LogP contribution < -0.4 is 5.73 Å². The number of thiocarbonyl (C=S) groups is 1. The van der Waals surface area contributed by atoms with E-state index in [0.717, 1.165) is 25.7 Å². The average molecular weight is 256 g/mol. The van der Waals surface area contributed by atoms with Gasteiger partial charge in [0.2, 0.25) is 0 Å². The Hall–Kier alpha value is -0.680. The molecule has 2 aliphatic rings. The first-order valence-electron chi connectivity index (χ1n) is 6.39. The van der Waals surface area contributed by atoms with Crippen molar-refractivity contribution >= 4 is 23.1 Å². The zero-order valence-electron chi connectivity index (χ0n) is 10.1. The summed E-state index contributed by atoms with van der Waals surface area (Å²) >= 11 is 4.94. The third-order valence-electron chi connectivity index (χ3n) is 3.58. The van der Waals surface area contributed by atoms with Gasteiger partial charge in [0.15, 0.2) is 0 Å². The molecule has 1 aliphatic carbocycles. The minimum atomic E-state index is -0.259. The highest BCUT2D eigenvalue weighted by Crippen LogP contribution is 2.25. The second-order valence-corrected chi connectivity index (χ2v) is 5.40. The monoisotopic (exact) mass is 256 g/mol. The highest BCUT2D eigenvalue weighted by Gasteiger charge is 2.33. The number of ether oxygens (including phenoxy) is 1. The van der Waals surface area contributed by atoms with Gasteiger partial charge in [-0.05, 0) is 25.7 Å². The Bertz CT molecular complexity index is 297. The molecule has 0 aromatic heterocycles. The van der Waals surface area contributed by atoms with Crippen molar-refractivity contribution in [2.45, 2.75) is 50.7 Å². The van der Waals surface area contributed by atoms with Gasteiger partial charge in [0.1, 0.15) is 6.10 Å². The van der Waals surface area contributed by atoms with Gasteiger partial charge in [0.05, 0.1) is 11.5 Å². The lowest BCUT2D eigenvalue weighted by Crippen LogP contribution is -2.47. The molecule has 5 heteroatoms. The number of rotatable bonds is 4. The van der Waals surface area contributed by atoms with Crippen LogP contribution >= 0.6 is 12.2 Å². The van der Waals surface area contributed by atoms with Crippen LogP contribution in [0.1, 0.15) is 38.5 Å². The smallest absolute Gasteiger partial charge is 0.252 e. The fourth-order valence-corrected chi connectivity index (χ4v) is 2.87. The van der Waals surface area contributed by atoms with E-state index in [-0.39, 0.29) is 12.0 Å². The summed E-state index contributed by atoms with van der Waals surface area (Å²) in [5.74, 6) is 0.0854. The van der Waals surface area contributed by atoms with Gasteiger partial charge in [0.25, 0.3) is 5.91 Å². The number of carbonyl (C=O) groups is 1. The maximum atomic E-state index is 12.4. The topological polar surface area (TPSA) is 55.6 Å². The van der Waals surface area contributed by atoms with E-state index in [4.69, 9.17) is 22.7 Å². The summed E-state index contributed by atoms with van der Waals surface area (Å²) in [5, 5.41) is 0. The van der Waals surface area contributed by atoms with Crippen molar-refractivity contribution in [3.05, 3.63) is 0 Å². The van der Waals surface area contributed by atoms with Crippen LogP contribution in [0.25, 0.3) is 0 Å². The van der Waals surface area contributed by atoms with Crippen LogP contribution in [0.3, 0.4) is 0 Å². The SMILES string of the molecule is NC(=S)CN(C(=O)C1CCCO1)C1CCCC1. The summed E-state index contributed by atoms with van der Waals surface area (Å²) in [6.07, 6.45) is 6.07. The molecule has 1 saturated carbocycles. The molecule has 0 aromatic rings. The second-order valence-electron chi connectivity index (χ2n) is 4.87. The molecule has 96 valence electrons. The van der Waals surface area contributed by atoms with E-state index in [2.05, 4.69) is 0 Å². The van der Waals surface area contributed by atoms with E-state index in [1.165, 1.54) is 12.8 Å². The van der Waals surface area contributed by atoms with E-state index < -0.39 is 0 Å². The number of nitrogens with zero attached hydrogens (tertiary/aromatic N) is 1. The fourth-order valence-electron chi connectivity index (χ4n) is 2.73. The Labute approximate surface area is 107 Å². The molecule has 1 heterocycles. The van der Waals surface area contributed by atoms with Gasteiger partial charge in [-0.15, -0.1) is 0 Å². The van der Waals surface area contributed by atoms with Crippen LogP contribution in [-0.4, -0.2) is 41.1 Å². The molecule has 1 saturated heterocycles. The van der Waals surface area contributed by atoms with E-state index in [1.54, 1.807) is 0 Å². The summed E-state index contributed by atoms with van der Waals surface area (Å²) in [5.41, 5.74) is 5.59. The van der Waals surface area contributed by atoms with Crippen LogP contribution in [0.4, 0.5) is 0 Å². The van der Waals surface area contributed by atoms with Crippen molar-refractivity contribution in [1.82, 2.24) is 4.90 Å². The Morgan fingerprint density at radius 1 is 1.29 bits per heavy atom. The third kappa shape index (κ3) is 3.16. The predicted octanol–water partition coefficient (Wildman–Crippen LogP) is 1.22. The molecular formula is C12H20N2O2S. The van der Waals surface area contributed by atoms with Crippen molar-refractivity contribution in [2.75, 3.05) is 13.2 Å². The molecule has 1 atom stereocenters. The molecule has 0 radical (unpaired) electrons. The highest BCUT2D eigenvalue weighted by atomic mass is 32.1. The lowest BCUT2D eigenvalue weighted by Gasteiger charge is -2.30. The van der Waals surface area contributed by atoms with Gasteiger partial charge < -0.3 is 15.4 Å². The molecule has 0 aromatic carbocycles. The Kier molecular flexibility index (Phi) is 4.34. The van der Waals surface area contributed by atoms with Gasteiger partial charge in [-0.3, -0.25) is 4.79 Å². The second kappa shape index (κ2) is 5.78. The van der Waals surface area contributed by atoms with Gasteiger partial charge in [0, 0.05) is 12.6 Å². The Morgan fingerprint density at radius 2 is 2.00 bits per heavy atom. The normalized spacial score (nSPS) is 25.1. The molecule has 1 aliphatic heterocycles. The molecule has 2 N–H and O–H groups in total. The van der Waals surface area contributed by atoms with Crippen molar-refractivity contribution in [3.8, 4) is 0 Å². The first-order valence-corrected chi connectivity index (χ1v) is 6.79. The maximum absolute atomic E-state index is 12.4. The highest BCUT2D eigenvalue weighted by molar-refractivity contribution is 7.80. The predicted molar refractivity (Wildman–Crippen MR) is 69.7 cm³/mol. The molecule has 1 unspecified atom stereocenters. The van der Waals surface area contributed by atoms with Crippen molar-refractivity contribution in [2.24, 2.45) is 5.73 Å². The Balaban J connectivity index is 2.02. The minimum absolute atomic E-state index is 0.0854. The molecule has 4 nitrogen and oxygen atoms in total. The third-order valence-corrected chi connectivity index (χ3v) is 3.71. The van der Waals surface area contributed by atoms with E-state index in [9.17, 15) is 4.79 Å². The lowest BCUT2D eigenvalue weighted by molar-refractivity contribution is -0.142. The van der Waals surface area contributed by atoms with Crippen LogP contribution in [0.2, 0.25) is 0 Å². The molecule has 2 rings (SSSR count). The van der Waals surface area contributed by atoms with Crippen LogP contribution in [0.5, 0.6) is 0 Å². The lowest BCUT2D eigenvalue weighted by atomic mass is 10.1. The van der Waals surface area contributed by atoms with Gasteiger partial charge >= 0.3 is 0 Å². The first kappa shape index (κ1) is 12.8. The molecule has 0 bridgehead atoms. The van der Waals surface area contributed by atoms with Crippen molar-refractivity contribution in [1.29, 1.82) is 0 Å². The zero-order chi connectivity index (χ0) is 12.3. The summed E-state index contributed by atoms with van der Waals surface area (Å²) in [6, 6.07) is 0.313. The summed E-state index contributed by atoms with van der Waals surface area (Å²) in [6.45, 7) is 1.10. The average Bonchev–Trinajstić information content (AvgIpc) is 2.96. The number of amides is 1. The fraction of sp³-hybridized carbons (Fsp3) is 0.833. The molecule has 0 spiro atoms. The minimum Gasteiger partial charge on any atom is -0.392 e. The standard InChI is InChI=1S/C12H20N2O2S/c13-11(17)8-14(9-4-1-2-5-9)12(15)10-6-3-7-16-10/h9-10H,1-8H2,(H2,13,17). The molecular weight excluding hydrogens is 236 g/mol. The quantitative estimate of drug-likeness (QED) is 0.769. The molecule has 1 amide bonds. The Morgan fingerprint density at radius 3 is 2.53 bits per heavy atom. The van der Waals surface area contributed by atoms with Crippen LogP contribution in [0.15, 0.2) is 0 Å². The zero-order valence-corrected chi connectivity index (χ0v) is 10.9. The van der Waals surface area contributed by atoms with Gasteiger partial charge in [-0.2, -0.15) is 0 Å². The van der Waals surface area contributed by atoms with E-state index in [0.29, 0.717) is 24.2 Å². The van der Waals surface area contributed by atoms with E-state index in [1.807, 2.05) is 4.90 Å². The van der Waals surface area contributed by atoms with Gasteiger partial charge in [-0.1, -0.05) is 25.1 Å². The number of hydrogen-bond acceptors (Lipinski definition) is 3. The van der Waals surface area contributed by atoms with Crippen LogP contribution in [0, 0.1) is 0 Å². The van der Waals surface area contributed by atoms with Crippen molar-refractivity contribution < 1.29 is 9.53 Å². The summed E-state index contributed by atoms with van der Waals surface area (Å²) in [4.78, 5) is 14.6. The number of carbonyl (C=O) groups excluding carboxylic acids is 1.